The van der Waals surface area contributed by atoms with Crippen LogP contribution in [-0.2, 0) is 4.74 Å². The van der Waals surface area contributed by atoms with Crippen LogP contribution in [0.5, 0.6) is 5.75 Å². The monoisotopic (exact) mass is 317 g/mol. The summed E-state index contributed by atoms with van der Waals surface area (Å²) in [4.78, 5) is 14.1. The van der Waals surface area contributed by atoms with Crippen molar-refractivity contribution in [1.29, 1.82) is 0 Å². The van der Waals surface area contributed by atoms with Crippen LogP contribution in [0.4, 0.5) is 13.2 Å². The molecule has 0 spiro atoms. The van der Waals surface area contributed by atoms with E-state index < -0.39 is 24.1 Å². The highest BCUT2D eigenvalue weighted by Crippen LogP contribution is 2.26. The second kappa shape index (κ2) is 7.49. The molecule has 1 aromatic carbocycles. The zero-order chi connectivity index (χ0) is 16.1. The Labute approximate surface area is 126 Å². The standard InChI is InChI=1S/C15H18F3NO3/c1-21-9-10-3-2-6-19(8-10)14(20)12-5-4-11(16)7-13(12)22-15(17)18/h4-5,7,10,15H,2-3,6,8-9H2,1H3/t10-/m1/s1. The van der Waals surface area contributed by atoms with E-state index >= 15 is 0 Å². The second-order valence-corrected chi connectivity index (χ2v) is 5.23. The normalized spacial score (nSPS) is 18.6. The quantitative estimate of drug-likeness (QED) is 0.838. The molecular weight excluding hydrogens is 299 g/mol. The zero-order valence-electron chi connectivity index (χ0n) is 12.2. The van der Waals surface area contributed by atoms with Crippen LogP contribution in [0.15, 0.2) is 18.2 Å². The molecule has 0 aromatic heterocycles. The Balaban J connectivity index is 2.17. The van der Waals surface area contributed by atoms with E-state index in [-0.39, 0.29) is 11.5 Å². The minimum absolute atomic E-state index is 0.0558. The maximum absolute atomic E-state index is 13.2. The van der Waals surface area contributed by atoms with Gasteiger partial charge in [0.15, 0.2) is 0 Å². The fourth-order valence-electron chi connectivity index (χ4n) is 2.66. The molecule has 0 radical (unpaired) electrons. The van der Waals surface area contributed by atoms with Gasteiger partial charge in [-0.2, -0.15) is 8.78 Å². The van der Waals surface area contributed by atoms with Gasteiger partial charge in [0.2, 0.25) is 0 Å². The van der Waals surface area contributed by atoms with Crippen molar-refractivity contribution >= 4 is 5.91 Å². The summed E-state index contributed by atoms with van der Waals surface area (Å²) in [5.41, 5.74) is -0.0558. The first-order valence-electron chi connectivity index (χ1n) is 7.04. The van der Waals surface area contributed by atoms with E-state index in [1.165, 1.54) is 6.07 Å². The molecule has 1 atom stereocenters. The largest absolute Gasteiger partial charge is 0.434 e. The molecule has 1 aliphatic rings. The maximum atomic E-state index is 13.2. The number of likely N-dealkylation sites (tertiary alicyclic amines) is 1. The third kappa shape index (κ3) is 4.13. The summed E-state index contributed by atoms with van der Waals surface area (Å²) in [5, 5.41) is 0. The number of methoxy groups -OCH3 is 1. The SMILES string of the molecule is COC[C@@H]1CCCN(C(=O)c2ccc(F)cc2OC(F)F)C1. The van der Waals surface area contributed by atoms with Crippen LogP contribution in [0.2, 0.25) is 0 Å². The number of carbonyl (C=O) groups excluding carboxylic acids is 1. The molecule has 0 saturated carbocycles. The summed E-state index contributed by atoms with van der Waals surface area (Å²) in [6.45, 7) is -1.56. The zero-order valence-corrected chi connectivity index (χ0v) is 12.2. The Kier molecular flexibility index (Phi) is 5.65. The summed E-state index contributed by atoms with van der Waals surface area (Å²) in [7, 11) is 1.59. The van der Waals surface area contributed by atoms with Gasteiger partial charge in [-0.25, -0.2) is 4.39 Å². The van der Waals surface area contributed by atoms with Gasteiger partial charge in [0.1, 0.15) is 11.6 Å². The Bertz CT molecular complexity index is 523. The predicted octanol–water partition coefficient (Wildman–Crippen LogP) is 2.93. The first kappa shape index (κ1) is 16.6. The smallest absolute Gasteiger partial charge is 0.387 e. The molecule has 1 aliphatic heterocycles. The molecule has 1 saturated heterocycles. The Morgan fingerprint density at radius 1 is 1.45 bits per heavy atom. The molecule has 0 bridgehead atoms. The van der Waals surface area contributed by atoms with Gasteiger partial charge in [-0.05, 0) is 30.9 Å². The number of benzene rings is 1. The third-order valence-corrected chi connectivity index (χ3v) is 3.60. The number of ether oxygens (including phenoxy) is 2. The summed E-state index contributed by atoms with van der Waals surface area (Å²) < 4.78 is 47.4. The Morgan fingerprint density at radius 2 is 2.23 bits per heavy atom. The molecule has 1 amide bonds. The van der Waals surface area contributed by atoms with Gasteiger partial charge in [-0.3, -0.25) is 4.79 Å². The fourth-order valence-corrected chi connectivity index (χ4v) is 2.66. The van der Waals surface area contributed by atoms with Crippen LogP contribution in [0.1, 0.15) is 23.2 Å². The summed E-state index contributed by atoms with van der Waals surface area (Å²) in [6, 6.07) is 3.04. The molecule has 122 valence electrons. The first-order valence-corrected chi connectivity index (χ1v) is 7.04. The van der Waals surface area contributed by atoms with Crippen molar-refractivity contribution in [3.63, 3.8) is 0 Å². The lowest BCUT2D eigenvalue weighted by molar-refractivity contribution is -0.0504. The molecule has 1 fully saturated rings. The number of nitrogens with zero attached hydrogens (tertiary/aromatic N) is 1. The molecule has 0 unspecified atom stereocenters. The summed E-state index contributed by atoms with van der Waals surface area (Å²) in [6.07, 6.45) is 1.76. The lowest BCUT2D eigenvalue weighted by Crippen LogP contribution is -2.41. The molecule has 22 heavy (non-hydrogen) atoms. The molecule has 0 aliphatic carbocycles. The fraction of sp³-hybridized carbons (Fsp3) is 0.533. The predicted molar refractivity (Wildman–Crippen MR) is 73.5 cm³/mol. The second-order valence-electron chi connectivity index (χ2n) is 5.23. The van der Waals surface area contributed by atoms with E-state index in [1.807, 2.05) is 0 Å². The number of amides is 1. The molecule has 2 rings (SSSR count). The molecule has 0 N–H and O–H groups in total. The minimum Gasteiger partial charge on any atom is -0.434 e. The van der Waals surface area contributed by atoms with Gasteiger partial charge in [0.25, 0.3) is 5.91 Å². The number of alkyl halides is 2. The molecule has 1 heterocycles. The number of piperidine rings is 1. The van der Waals surface area contributed by atoms with Gasteiger partial charge in [0.05, 0.1) is 12.2 Å². The topological polar surface area (TPSA) is 38.8 Å². The average Bonchev–Trinajstić information content (AvgIpc) is 2.47. The number of hydrogen-bond donors (Lipinski definition) is 0. The van der Waals surface area contributed by atoms with Crippen LogP contribution in [0.3, 0.4) is 0 Å². The first-order chi connectivity index (χ1) is 10.5. The lowest BCUT2D eigenvalue weighted by Gasteiger charge is -2.32. The van der Waals surface area contributed by atoms with Crippen LogP contribution >= 0.6 is 0 Å². The van der Waals surface area contributed by atoms with Crippen LogP contribution in [0.25, 0.3) is 0 Å². The average molecular weight is 317 g/mol. The highest BCUT2D eigenvalue weighted by molar-refractivity contribution is 5.97. The minimum atomic E-state index is -3.11. The molecule has 7 heteroatoms. The van der Waals surface area contributed by atoms with Crippen molar-refractivity contribution in [3.05, 3.63) is 29.6 Å². The van der Waals surface area contributed by atoms with Crippen molar-refractivity contribution in [3.8, 4) is 5.75 Å². The Morgan fingerprint density at radius 3 is 2.91 bits per heavy atom. The van der Waals surface area contributed by atoms with E-state index in [2.05, 4.69) is 4.74 Å². The number of halogens is 3. The van der Waals surface area contributed by atoms with Crippen molar-refractivity contribution in [1.82, 2.24) is 4.90 Å². The van der Waals surface area contributed by atoms with Crippen LogP contribution < -0.4 is 4.74 Å². The van der Waals surface area contributed by atoms with Gasteiger partial charge >= 0.3 is 6.61 Å². The van der Waals surface area contributed by atoms with E-state index in [0.717, 1.165) is 25.0 Å². The van der Waals surface area contributed by atoms with Crippen LogP contribution in [-0.4, -0.2) is 44.2 Å². The van der Waals surface area contributed by atoms with Crippen molar-refractivity contribution in [2.75, 3.05) is 26.8 Å². The molecular formula is C15H18F3NO3. The molecule has 4 nitrogen and oxygen atoms in total. The summed E-state index contributed by atoms with van der Waals surface area (Å²) in [5.74, 6) is -1.39. The van der Waals surface area contributed by atoms with Crippen molar-refractivity contribution < 1.29 is 27.4 Å². The Hall–Kier alpha value is -1.76. The van der Waals surface area contributed by atoms with E-state index in [1.54, 1.807) is 12.0 Å². The third-order valence-electron chi connectivity index (χ3n) is 3.60. The van der Waals surface area contributed by atoms with E-state index in [9.17, 15) is 18.0 Å². The van der Waals surface area contributed by atoms with E-state index in [0.29, 0.717) is 19.7 Å². The van der Waals surface area contributed by atoms with Crippen molar-refractivity contribution in [2.45, 2.75) is 19.5 Å². The summed E-state index contributed by atoms with van der Waals surface area (Å²) >= 11 is 0. The van der Waals surface area contributed by atoms with Crippen LogP contribution in [0, 0.1) is 11.7 Å². The van der Waals surface area contributed by atoms with Gasteiger partial charge in [0, 0.05) is 26.3 Å². The van der Waals surface area contributed by atoms with Gasteiger partial charge in [-0.1, -0.05) is 0 Å². The van der Waals surface area contributed by atoms with Gasteiger partial charge < -0.3 is 14.4 Å². The molecule has 1 aromatic rings. The van der Waals surface area contributed by atoms with Gasteiger partial charge in [-0.15, -0.1) is 0 Å². The van der Waals surface area contributed by atoms with E-state index in [4.69, 9.17) is 4.74 Å². The number of hydrogen-bond acceptors (Lipinski definition) is 3. The maximum Gasteiger partial charge on any atom is 0.387 e. The number of rotatable bonds is 5. The van der Waals surface area contributed by atoms with Crippen molar-refractivity contribution in [2.24, 2.45) is 5.92 Å². The highest BCUT2D eigenvalue weighted by atomic mass is 19.3. The number of carbonyl (C=O) groups is 1. The lowest BCUT2D eigenvalue weighted by atomic mass is 9.98. The highest BCUT2D eigenvalue weighted by Gasteiger charge is 2.27.